The van der Waals surface area contributed by atoms with Crippen LogP contribution in [0.15, 0.2) is 24.3 Å². The Morgan fingerprint density at radius 3 is 2.61 bits per heavy atom. The van der Waals surface area contributed by atoms with Crippen LogP contribution < -0.4 is 4.74 Å². The standard InChI is InChI=1S/C14H20BrNO2/c1-11(2)16(10-6-9-15)14(17)12-7-4-5-8-13(12)18-3/h4-5,7-8,11H,6,9-10H2,1-3H3. The zero-order chi connectivity index (χ0) is 13.5. The van der Waals surface area contributed by atoms with Crippen molar-refractivity contribution in [2.75, 3.05) is 19.0 Å². The van der Waals surface area contributed by atoms with Crippen LogP contribution >= 0.6 is 15.9 Å². The van der Waals surface area contributed by atoms with E-state index in [1.807, 2.05) is 43.0 Å². The minimum absolute atomic E-state index is 0.0309. The van der Waals surface area contributed by atoms with Crippen molar-refractivity contribution in [3.05, 3.63) is 29.8 Å². The van der Waals surface area contributed by atoms with Gasteiger partial charge in [-0.15, -0.1) is 0 Å². The Hall–Kier alpha value is -1.03. The second-order valence-corrected chi connectivity index (χ2v) is 5.13. The van der Waals surface area contributed by atoms with Crippen LogP contribution in [0, 0.1) is 0 Å². The molecule has 0 aromatic heterocycles. The van der Waals surface area contributed by atoms with E-state index in [9.17, 15) is 4.79 Å². The number of halogens is 1. The molecule has 0 saturated carbocycles. The van der Waals surface area contributed by atoms with Gasteiger partial charge in [0.15, 0.2) is 0 Å². The Morgan fingerprint density at radius 1 is 1.39 bits per heavy atom. The monoisotopic (exact) mass is 313 g/mol. The summed E-state index contributed by atoms with van der Waals surface area (Å²) in [7, 11) is 1.59. The van der Waals surface area contributed by atoms with Crippen LogP contribution in [-0.2, 0) is 0 Å². The summed E-state index contributed by atoms with van der Waals surface area (Å²) in [6.45, 7) is 4.81. The van der Waals surface area contributed by atoms with E-state index in [-0.39, 0.29) is 11.9 Å². The molecular weight excluding hydrogens is 294 g/mol. The molecule has 1 aromatic carbocycles. The molecule has 0 aliphatic carbocycles. The predicted molar refractivity (Wildman–Crippen MR) is 77.6 cm³/mol. The van der Waals surface area contributed by atoms with Crippen molar-refractivity contribution in [3.8, 4) is 5.75 Å². The highest BCUT2D eigenvalue weighted by atomic mass is 79.9. The van der Waals surface area contributed by atoms with Gasteiger partial charge >= 0.3 is 0 Å². The van der Waals surface area contributed by atoms with Crippen LogP contribution in [-0.4, -0.2) is 35.8 Å². The largest absolute Gasteiger partial charge is 0.496 e. The predicted octanol–water partition coefficient (Wildman–Crippen LogP) is 3.33. The van der Waals surface area contributed by atoms with Gasteiger partial charge in [0, 0.05) is 17.9 Å². The molecule has 3 nitrogen and oxygen atoms in total. The summed E-state index contributed by atoms with van der Waals surface area (Å²) in [6.07, 6.45) is 0.944. The lowest BCUT2D eigenvalue weighted by Crippen LogP contribution is -2.38. The molecule has 1 amide bonds. The Bertz CT molecular complexity index is 393. The third kappa shape index (κ3) is 3.73. The van der Waals surface area contributed by atoms with E-state index in [1.165, 1.54) is 0 Å². The van der Waals surface area contributed by atoms with Crippen molar-refractivity contribution in [2.45, 2.75) is 26.3 Å². The molecule has 18 heavy (non-hydrogen) atoms. The van der Waals surface area contributed by atoms with Crippen LogP contribution in [0.5, 0.6) is 5.75 Å². The lowest BCUT2D eigenvalue weighted by Gasteiger charge is -2.27. The van der Waals surface area contributed by atoms with E-state index >= 15 is 0 Å². The minimum atomic E-state index is 0.0309. The van der Waals surface area contributed by atoms with Crippen molar-refractivity contribution in [2.24, 2.45) is 0 Å². The summed E-state index contributed by atoms with van der Waals surface area (Å²) in [4.78, 5) is 14.4. The normalized spacial score (nSPS) is 10.5. The van der Waals surface area contributed by atoms with Crippen LogP contribution in [0.1, 0.15) is 30.6 Å². The number of hydrogen-bond acceptors (Lipinski definition) is 2. The molecule has 0 radical (unpaired) electrons. The molecule has 0 fully saturated rings. The van der Waals surface area contributed by atoms with Gasteiger partial charge in [0.1, 0.15) is 5.75 Å². The summed E-state index contributed by atoms with van der Waals surface area (Å²) >= 11 is 3.40. The van der Waals surface area contributed by atoms with Gasteiger partial charge in [-0.05, 0) is 32.4 Å². The number of carbonyl (C=O) groups is 1. The molecule has 4 heteroatoms. The molecule has 0 bridgehead atoms. The lowest BCUT2D eigenvalue weighted by molar-refractivity contribution is 0.0703. The van der Waals surface area contributed by atoms with E-state index in [1.54, 1.807) is 7.11 Å². The quantitative estimate of drug-likeness (QED) is 0.754. The van der Waals surface area contributed by atoms with Gasteiger partial charge < -0.3 is 9.64 Å². The van der Waals surface area contributed by atoms with Crippen LogP contribution in [0.25, 0.3) is 0 Å². The number of alkyl halides is 1. The minimum Gasteiger partial charge on any atom is -0.496 e. The maximum atomic E-state index is 12.5. The molecule has 0 heterocycles. The second kappa shape index (κ2) is 7.41. The average molecular weight is 314 g/mol. The SMILES string of the molecule is COc1ccccc1C(=O)N(CCCBr)C(C)C. The fourth-order valence-corrected chi connectivity index (χ4v) is 2.05. The number of amides is 1. The fraction of sp³-hybridized carbons (Fsp3) is 0.500. The molecule has 0 N–H and O–H groups in total. The number of para-hydroxylation sites is 1. The van der Waals surface area contributed by atoms with E-state index in [0.29, 0.717) is 11.3 Å². The number of hydrogen-bond donors (Lipinski definition) is 0. The first-order chi connectivity index (χ1) is 8.61. The van der Waals surface area contributed by atoms with E-state index in [2.05, 4.69) is 15.9 Å². The molecule has 0 atom stereocenters. The van der Waals surface area contributed by atoms with Crippen molar-refractivity contribution in [1.82, 2.24) is 4.90 Å². The maximum absolute atomic E-state index is 12.5. The van der Waals surface area contributed by atoms with Crippen molar-refractivity contribution in [3.63, 3.8) is 0 Å². The Morgan fingerprint density at radius 2 is 2.06 bits per heavy atom. The summed E-state index contributed by atoms with van der Waals surface area (Å²) < 4.78 is 5.24. The van der Waals surface area contributed by atoms with Crippen LogP contribution in [0.3, 0.4) is 0 Å². The number of nitrogens with zero attached hydrogens (tertiary/aromatic N) is 1. The number of rotatable bonds is 6. The topological polar surface area (TPSA) is 29.5 Å². The van der Waals surface area contributed by atoms with Gasteiger partial charge in [-0.3, -0.25) is 4.79 Å². The first-order valence-electron chi connectivity index (χ1n) is 6.11. The van der Waals surface area contributed by atoms with Gasteiger partial charge in [0.05, 0.1) is 12.7 Å². The third-order valence-electron chi connectivity index (χ3n) is 2.75. The molecule has 0 spiro atoms. The Kier molecular flexibility index (Phi) is 6.19. The first kappa shape index (κ1) is 15.0. The summed E-state index contributed by atoms with van der Waals surface area (Å²) in [5.41, 5.74) is 0.628. The zero-order valence-electron chi connectivity index (χ0n) is 11.1. The summed E-state index contributed by atoms with van der Waals surface area (Å²) in [5.74, 6) is 0.662. The highest BCUT2D eigenvalue weighted by Crippen LogP contribution is 2.20. The summed E-state index contributed by atoms with van der Waals surface area (Å²) in [6, 6.07) is 7.54. The molecule has 0 unspecified atom stereocenters. The van der Waals surface area contributed by atoms with Gasteiger partial charge in [-0.1, -0.05) is 28.1 Å². The molecule has 0 aliphatic rings. The Labute approximate surface area is 117 Å². The van der Waals surface area contributed by atoms with Gasteiger partial charge in [0.2, 0.25) is 0 Å². The molecular formula is C14H20BrNO2. The van der Waals surface area contributed by atoms with Crippen molar-refractivity contribution < 1.29 is 9.53 Å². The second-order valence-electron chi connectivity index (χ2n) is 4.34. The van der Waals surface area contributed by atoms with Crippen molar-refractivity contribution >= 4 is 21.8 Å². The highest BCUT2D eigenvalue weighted by Gasteiger charge is 2.20. The number of carbonyl (C=O) groups excluding carboxylic acids is 1. The van der Waals surface area contributed by atoms with Crippen LogP contribution in [0.2, 0.25) is 0 Å². The Balaban J connectivity index is 2.94. The number of benzene rings is 1. The number of ether oxygens (including phenoxy) is 1. The smallest absolute Gasteiger partial charge is 0.257 e. The molecule has 0 aliphatic heterocycles. The molecule has 100 valence electrons. The molecule has 1 rings (SSSR count). The van der Waals surface area contributed by atoms with Gasteiger partial charge in [0.25, 0.3) is 5.91 Å². The number of methoxy groups -OCH3 is 1. The highest BCUT2D eigenvalue weighted by molar-refractivity contribution is 9.09. The van der Waals surface area contributed by atoms with Crippen LogP contribution in [0.4, 0.5) is 0 Å². The zero-order valence-corrected chi connectivity index (χ0v) is 12.7. The molecule has 0 saturated heterocycles. The summed E-state index contributed by atoms with van der Waals surface area (Å²) in [5, 5.41) is 0.898. The van der Waals surface area contributed by atoms with E-state index in [0.717, 1.165) is 18.3 Å². The molecule has 1 aromatic rings. The van der Waals surface area contributed by atoms with Crippen molar-refractivity contribution in [1.29, 1.82) is 0 Å². The third-order valence-corrected chi connectivity index (χ3v) is 3.31. The van der Waals surface area contributed by atoms with E-state index in [4.69, 9.17) is 4.74 Å². The van der Waals surface area contributed by atoms with E-state index < -0.39 is 0 Å². The van der Waals surface area contributed by atoms with Gasteiger partial charge in [-0.25, -0.2) is 0 Å². The average Bonchev–Trinajstić information content (AvgIpc) is 2.38. The fourth-order valence-electron chi connectivity index (χ4n) is 1.80. The first-order valence-corrected chi connectivity index (χ1v) is 7.24. The van der Waals surface area contributed by atoms with Gasteiger partial charge in [-0.2, -0.15) is 0 Å². The lowest BCUT2D eigenvalue weighted by atomic mass is 10.1. The maximum Gasteiger partial charge on any atom is 0.257 e.